The highest BCUT2D eigenvalue weighted by atomic mass is 79.9. The Morgan fingerprint density at radius 2 is 1.84 bits per heavy atom. The Bertz CT molecular complexity index is 366. The highest BCUT2D eigenvalue weighted by Gasteiger charge is 2.18. The molecule has 1 aromatic carbocycles. The van der Waals surface area contributed by atoms with Crippen molar-refractivity contribution in [3.8, 4) is 0 Å². The second-order valence-electron chi connectivity index (χ2n) is 5.60. The number of hydrogen-bond acceptors (Lipinski definition) is 2. The smallest absolute Gasteiger partial charge is 0.0371 e. The summed E-state index contributed by atoms with van der Waals surface area (Å²) in [5, 5.41) is 0. The highest BCUT2D eigenvalue weighted by Crippen LogP contribution is 2.26. The standard InChI is InChI=1S/C16H27BrN2/c1-5-13(6-2)19(10-12(3)4)11-14-15(17)8-7-9-16(14)18/h7-9,12-13H,5-6,10-11,18H2,1-4H3. The van der Waals surface area contributed by atoms with E-state index in [2.05, 4.69) is 54.6 Å². The van der Waals surface area contributed by atoms with Crippen molar-refractivity contribution in [1.29, 1.82) is 0 Å². The zero-order valence-corrected chi connectivity index (χ0v) is 14.2. The fraction of sp³-hybridized carbons (Fsp3) is 0.625. The zero-order valence-electron chi connectivity index (χ0n) is 12.6. The molecule has 0 unspecified atom stereocenters. The predicted molar refractivity (Wildman–Crippen MR) is 88.2 cm³/mol. The maximum atomic E-state index is 6.13. The average molecular weight is 327 g/mol. The second kappa shape index (κ2) is 7.91. The Hall–Kier alpha value is -0.540. The van der Waals surface area contributed by atoms with E-state index in [-0.39, 0.29) is 0 Å². The van der Waals surface area contributed by atoms with Crippen LogP contribution in [0.3, 0.4) is 0 Å². The van der Waals surface area contributed by atoms with Gasteiger partial charge in [0.1, 0.15) is 0 Å². The Kier molecular flexibility index (Phi) is 6.87. The van der Waals surface area contributed by atoms with Gasteiger partial charge in [0, 0.05) is 34.9 Å². The molecule has 0 saturated heterocycles. The Morgan fingerprint density at radius 3 is 2.32 bits per heavy atom. The monoisotopic (exact) mass is 326 g/mol. The van der Waals surface area contributed by atoms with Crippen LogP contribution in [0.5, 0.6) is 0 Å². The summed E-state index contributed by atoms with van der Waals surface area (Å²) in [4.78, 5) is 2.57. The van der Waals surface area contributed by atoms with Crippen molar-refractivity contribution >= 4 is 21.6 Å². The summed E-state index contributed by atoms with van der Waals surface area (Å²) in [6, 6.07) is 6.69. The number of anilines is 1. The van der Waals surface area contributed by atoms with Crippen LogP contribution in [0, 0.1) is 5.92 Å². The fourth-order valence-electron chi connectivity index (χ4n) is 2.56. The van der Waals surface area contributed by atoms with Gasteiger partial charge in [0.25, 0.3) is 0 Å². The molecule has 0 radical (unpaired) electrons. The molecule has 0 aliphatic rings. The lowest BCUT2D eigenvalue weighted by molar-refractivity contribution is 0.157. The third kappa shape index (κ3) is 4.81. The van der Waals surface area contributed by atoms with Crippen molar-refractivity contribution in [1.82, 2.24) is 4.90 Å². The maximum Gasteiger partial charge on any atom is 0.0371 e. The van der Waals surface area contributed by atoms with Gasteiger partial charge in [-0.05, 0) is 30.9 Å². The number of benzene rings is 1. The number of halogens is 1. The molecule has 2 N–H and O–H groups in total. The fourth-order valence-corrected chi connectivity index (χ4v) is 3.07. The molecule has 0 aliphatic heterocycles. The molecule has 108 valence electrons. The first-order chi connectivity index (χ1) is 8.99. The molecular formula is C16H27BrN2. The van der Waals surface area contributed by atoms with Gasteiger partial charge >= 0.3 is 0 Å². The largest absolute Gasteiger partial charge is 0.398 e. The van der Waals surface area contributed by atoms with Gasteiger partial charge in [-0.1, -0.05) is 49.7 Å². The van der Waals surface area contributed by atoms with Crippen LogP contribution < -0.4 is 5.73 Å². The molecule has 0 saturated carbocycles. The molecule has 0 spiro atoms. The summed E-state index contributed by atoms with van der Waals surface area (Å²) < 4.78 is 1.12. The first-order valence-electron chi connectivity index (χ1n) is 7.26. The van der Waals surface area contributed by atoms with E-state index in [1.54, 1.807) is 0 Å². The maximum absolute atomic E-state index is 6.13. The summed E-state index contributed by atoms with van der Waals surface area (Å²) >= 11 is 3.63. The number of nitrogens with zero attached hydrogens (tertiary/aromatic N) is 1. The minimum atomic E-state index is 0.633. The summed E-state index contributed by atoms with van der Waals surface area (Å²) in [5.41, 5.74) is 8.23. The van der Waals surface area contributed by atoms with Crippen molar-refractivity contribution in [2.75, 3.05) is 12.3 Å². The third-order valence-electron chi connectivity index (χ3n) is 3.57. The molecule has 0 aromatic heterocycles. The minimum absolute atomic E-state index is 0.633. The molecule has 0 atom stereocenters. The van der Waals surface area contributed by atoms with E-state index < -0.39 is 0 Å². The molecule has 0 amide bonds. The van der Waals surface area contributed by atoms with Crippen molar-refractivity contribution < 1.29 is 0 Å². The highest BCUT2D eigenvalue weighted by molar-refractivity contribution is 9.10. The van der Waals surface area contributed by atoms with Crippen LogP contribution in [0.4, 0.5) is 5.69 Å². The van der Waals surface area contributed by atoms with E-state index in [0.717, 1.165) is 23.2 Å². The molecule has 0 heterocycles. The first kappa shape index (κ1) is 16.5. The van der Waals surface area contributed by atoms with Gasteiger partial charge < -0.3 is 5.73 Å². The molecule has 1 aromatic rings. The minimum Gasteiger partial charge on any atom is -0.398 e. The van der Waals surface area contributed by atoms with Crippen LogP contribution in [-0.2, 0) is 6.54 Å². The van der Waals surface area contributed by atoms with Gasteiger partial charge in [0.2, 0.25) is 0 Å². The van der Waals surface area contributed by atoms with Crippen LogP contribution in [0.1, 0.15) is 46.1 Å². The third-order valence-corrected chi connectivity index (χ3v) is 4.32. The molecule has 1 rings (SSSR count). The quantitative estimate of drug-likeness (QED) is 0.737. The predicted octanol–water partition coefficient (Wildman–Crippen LogP) is 4.68. The lowest BCUT2D eigenvalue weighted by Crippen LogP contribution is -2.37. The number of hydrogen-bond donors (Lipinski definition) is 1. The zero-order chi connectivity index (χ0) is 14.4. The molecule has 0 bridgehead atoms. The van der Waals surface area contributed by atoms with E-state index in [0.29, 0.717) is 12.0 Å². The van der Waals surface area contributed by atoms with Crippen molar-refractivity contribution in [3.05, 3.63) is 28.2 Å². The lowest BCUT2D eigenvalue weighted by atomic mass is 10.1. The molecular weight excluding hydrogens is 300 g/mol. The summed E-state index contributed by atoms with van der Waals surface area (Å²) in [6.45, 7) is 11.1. The van der Waals surface area contributed by atoms with Crippen LogP contribution in [0.15, 0.2) is 22.7 Å². The Morgan fingerprint density at radius 1 is 1.21 bits per heavy atom. The number of rotatable bonds is 7. The van der Waals surface area contributed by atoms with E-state index in [1.165, 1.54) is 18.4 Å². The molecule has 2 nitrogen and oxygen atoms in total. The topological polar surface area (TPSA) is 29.3 Å². The molecule has 19 heavy (non-hydrogen) atoms. The van der Waals surface area contributed by atoms with Crippen LogP contribution in [-0.4, -0.2) is 17.5 Å². The van der Waals surface area contributed by atoms with E-state index in [4.69, 9.17) is 5.73 Å². The van der Waals surface area contributed by atoms with E-state index >= 15 is 0 Å². The van der Waals surface area contributed by atoms with Crippen LogP contribution in [0.25, 0.3) is 0 Å². The molecule has 0 aliphatic carbocycles. The van der Waals surface area contributed by atoms with Gasteiger partial charge in [0.05, 0.1) is 0 Å². The van der Waals surface area contributed by atoms with Gasteiger partial charge in [-0.15, -0.1) is 0 Å². The normalized spacial score (nSPS) is 11.8. The van der Waals surface area contributed by atoms with E-state index in [1.807, 2.05) is 12.1 Å². The van der Waals surface area contributed by atoms with E-state index in [9.17, 15) is 0 Å². The Labute approximate surface area is 126 Å². The van der Waals surface area contributed by atoms with Crippen LogP contribution >= 0.6 is 15.9 Å². The lowest BCUT2D eigenvalue weighted by Gasteiger charge is -2.32. The van der Waals surface area contributed by atoms with Crippen molar-refractivity contribution in [2.45, 2.75) is 53.1 Å². The summed E-state index contributed by atoms with van der Waals surface area (Å²) in [7, 11) is 0. The number of nitrogens with two attached hydrogens (primary N) is 1. The van der Waals surface area contributed by atoms with Gasteiger partial charge in [-0.3, -0.25) is 4.90 Å². The first-order valence-corrected chi connectivity index (χ1v) is 8.05. The van der Waals surface area contributed by atoms with Gasteiger partial charge in [0.15, 0.2) is 0 Å². The van der Waals surface area contributed by atoms with Crippen molar-refractivity contribution in [2.24, 2.45) is 5.92 Å². The summed E-state index contributed by atoms with van der Waals surface area (Å²) in [6.07, 6.45) is 2.38. The van der Waals surface area contributed by atoms with Crippen LogP contribution in [0.2, 0.25) is 0 Å². The summed E-state index contributed by atoms with van der Waals surface area (Å²) in [5.74, 6) is 0.671. The van der Waals surface area contributed by atoms with Gasteiger partial charge in [-0.2, -0.15) is 0 Å². The molecule has 0 fully saturated rings. The average Bonchev–Trinajstić information content (AvgIpc) is 2.34. The molecule has 3 heteroatoms. The SMILES string of the molecule is CCC(CC)N(Cc1c(N)cccc1Br)CC(C)C. The van der Waals surface area contributed by atoms with Crippen molar-refractivity contribution in [3.63, 3.8) is 0 Å². The second-order valence-corrected chi connectivity index (χ2v) is 6.46. The van der Waals surface area contributed by atoms with Gasteiger partial charge in [-0.25, -0.2) is 0 Å². The number of nitrogen functional groups attached to an aromatic ring is 1. The Balaban J connectivity index is 2.93.